The van der Waals surface area contributed by atoms with Gasteiger partial charge in [0, 0.05) is 44.6 Å². The van der Waals surface area contributed by atoms with Gasteiger partial charge in [-0.2, -0.15) is 14.8 Å². The number of halogens is 1. The Morgan fingerprint density at radius 3 is 2.10 bits per heavy atom. The van der Waals surface area contributed by atoms with Crippen molar-refractivity contribution >= 4 is 55.0 Å². The fourth-order valence-corrected chi connectivity index (χ4v) is 6.63. The highest BCUT2D eigenvalue weighted by molar-refractivity contribution is 7.89. The lowest BCUT2D eigenvalue weighted by atomic mass is 10.2. The summed E-state index contributed by atoms with van der Waals surface area (Å²) in [4.78, 5) is 22.4. The van der Waals surface area contributed by atoms with Gasteiger partial charge in [0.05, 0.1) is 27.3 Å². The SMILES string of the molecule is CCc1ccc2nc(N(CCN(CC)CC)C(=O)c3ccc(S(=O)(=O)N(CCC#N)CCC#N)cc3)sc2c1.Cl. The van der Waals surface area contributed by atoms with Crippen molar-refractivity contribution in [2.24, 2.45) is 0 Å². The lowest BCUT2D eigenvalue weighted by molar-refractivity contribution is 0.0983. The molecule has 0 radical (unpaired) electrons. The van der Waals surface area contributed by atoms with Crippen LogP contribution in [-0.4, -0.2) is 67.8 Å². The molecule has 1 amide bonds. The lowest BCUT2D eigenvalue weighted by Gasteiger charge is -2.25. The number of carbonyl (C=O) groups excluding carboxylic acids is 1. The summed E-state index contributed by atoms with van der Waals surface area (Å²) < 4.78 is 28.5. The van der Waals surface area contributed by atoms with E-state index < -0.39 is 10.0 Å². The predicted molar refractivity (Wildman–Crippen MR) is 161 cm³/mol. The van der Waals surface area contributed by atoms with Crippen LogP contribution in [0, 0.1) is 22.7 Å². The second-order valence-electron chi connectivity index (χ2n) is 8.88. The normalized spacial score (nSPS) is 11.3. The first kappa shape index (κ1) is 33.1. The summed E-state index contributed by atoms with van der Waals surface area (Å²) in [7, 11) is -3.92. The van der Waals surface area contributed by atoms with Gasteiger partial charge in [0.15, 0.2) is 5.13 Å². The molecule has 0 aliphatic rings. The number of sulfonamides is 1. The molecule has 0 spiro atoms. The molecule has 214 valence electrons. The molecule has 3 rings (SSSR count). The molecule has 12 heteroatoms. The smallest absolute Gasteiger partial charge is 0.260 e. The molecule has 0 fully saturated rings. The second-order valence-corrected chi connectivity index (χ2v) is 11.8. The molecule has 2 aromatic carbocycles. The number of carbonyl (C=O) groups is 1. The number of rotatable bonds is 14. The van der Waals surface area contributed by atoms with Crippen LogP contribution < -0.4 is 4.90 Å². The van der Waals surface area contributed by atoms with Crippen LogP contribution in [0.2, 0.25) is 0 Å². The Bertz CT molecular complexity index is 1440. The first-order chi connectivity index (χ1) is 18.8. The second kappa shape index (κ2) is 15.7. The Morgan fingerprint density at radius 2 is 1.55 bits per heavy atom. The number of hydrogen-bond donors (Lipinski definition) is 0. The van der Waals surface area contributed by atoms with Gasteiger partial charge in [-0.05, 0) is 61.5 Å². The molecule has 0 atom stereocenters. The molecule has 0 aliphatic carbocycles. The van der Waals surface area contributed by atoms with Gasteiger partial charge in [-0.25, -0.2) is 13.4 Å². The molecule has 0 saturated heterocycles. The molecule has 0 N–H and O–H groups in total. The fourth-order valence-electron chi connectivity index (χ4n) is 4.13. The lowest BCUT2D eigenvalue weighted by Crippen LogP contribution is -2.39. The third-order valence-corrected chi connectivity index (χ3v) is 9.50. The highest BCUT2D eigenvalue weighted by atomic mass is 35.5. The fraction of sp³-hybridized carbons (Fsp3) is 0.429. The van der Waals surface area contributed by atoms with Gasteiger partial charge in [0.1, 0.15) is 0 Å². The van der Waals surface area contributed by atoms with E-state index >= 15 is 0 Å². The van der Waals surface area contributed by atoms with Gasteiger partial charge in [0.25, 0.3) is 5.91 Å². The summed E-state index contributed by atoms with van der Waals surface area (Å²) in [5, 5.41) is 18.4. The number of aromatic nitrogens is 1. The van der Waals surface area contributed by atoms with Gasteiger partial charge >= 0.3 is 0 Å². The van der Waals surface area contributed by atoms with E-state index in [0.29, 0.717) is 23.8 Å². The highest BCUT2D eigenvalue weighted by Crippen LogP contribution is 2.31. The zero-order valence-electron chi connectivity index (χ0n) is 23.0. The molecule has 40 heavy (non-hydrogen) atoms. The van der Waals surface area contributed by atoms with Crippen molar-refractivity contribution in [1.29, 1.82) is 10.5 Å². The summed E-state index contributed by atoms with van der Waals surface area (Å²) in [6.45, 7) is 9.09. The van der Waals surface area contributed by atoms with Crippen molar-refractivity contribution < 1.29 is 13.2 Å². The van der Waals surface area contributed by atoms with Crippen LogP contribution >= 0.6 is 23.7 Å². The third kappa shape index (κ3) is 8.00. The Labute approximate surface area is 247 Å². The Kier molecular flexibility index (Phi) is 13.0. The van der Waals surface area contributed by atoms with E-state index in [1.807, 2.05) is 24.3 Å². The number of benzene rings is 2. The van der Waals surface area contributed by atoms with E-state index in [1.165, 1.54) is 41.2 Å². The maximum absolute atomic E-state index is 13.8. The van der Waals surface area contributed by atoms with Crippen LogP contribution in [0.3, 0.4) is 0 Å². The number of aryl methyl sites for hydroxylation is 1. The first-order valence-electron chi connectivity index (χ1n) is 13.1. The number of amides is 1. The standard InChI is InChI=1S/C28H34N6O3S2.ClH/c1-4-22-9-14-25-26(21-22)38-28(31-25)34(20-19-32(5-2)6-3)27(35)23-10-12-24(13-11-23)39(36,37)33(17-7-15-29)18-8-16-30;/h9-14,21H,4-8,17-20H2,1-3H3;1H. The Balaban J connectivity index is 0.00000560. The molecule has 0 unspecified atom stereocenters. The molecule has 3 aromatic rings. The highest BCUT2D eigenvalue weighted by Gasteiger charge is 2.26. The van der Waals surface area contributed by atoms with E-state index in [0.717, 1.165) is 34.0 Å². The number of likely N-dealkylation sites (N-methyl/N-ethyl adjacent to an activating group) is 1. The van der Waals surface area contributed by atoms with Crippen molar-refractivity contribution in [2.45, 2.75) is 44.9 Å². The predicted octanol–water partition coefficient (Wildman–Crippen LogP) is 5.09. The summed E-state index contributed by atoms with van der Waals surface area (Å²) in [5.41, 5.74) is 2.39. The molecule has 0 aliphatic heterocycles. The number of nitrogens with zero attached hydrogens (tertiary/aromatic N) is 6. The Morgan fingerprint density at radius 1 is 0.925 bits per heavy atom. The monoisotopic (exact) mass is 602 g/mol. The van der Waals surface area contributed by atoms with Gasteiger partial charge in [0.2, 0.25) is 10.0 Å². The van der Waals surface area contributed by atoms with Crippen molar-refractivity contribution in [2.75, 3.05) is 44.2 Å². The maximum atomic E-state index is 13.8. The Hall–Kier alpha value is -3.06. The van der Waals surface area contributed by atoms with E-state index in [2.05, 4.69) is 31.7 Å². The topological polar surface area (TPSA) is 121 Å². The van der Waals surface area contributed by atoms with E-state index in [9.17, 15) is 13.2 Å². The van der Waals surface area contributed by atoms with Crippen LogP contribution in [0.15, 0.2) is 47.4 Å². The van der Waals surface area contributed by atoms with E-state index in [-0.39, 0.29) is 49.1 Å². The summed E-state index contributed by atoms with van der Waals surface area (Å²) in [6, 6.07) is 15.8. The number of hydrogen-bond acceptors (Lipinski definition) is 8. The van der Waals surface area contributed by atoms with Gasteiger partial charge in [-0.3, -0.25) is 9.69 Å². The molecule has 9 nitrogen and oxygen atoms in total. The van der Waals surface area contributed by atoms with Crippen LogP contribution in [-0.2, 0) is 16.4 Å². The number of anilines is 1. The van der Waals surface area contributed by atoms with Crippen molar-refractivity contribution in [3.63, 3.8) is 0 Å². The summed E-state index contributed by atoms with van der Waals surface area (Å²) in [5.74, 6) is -0.258. The zero-order valence-corrected chi connectivity index (χ0v) is 25.5. The number of fused-ring (bicyclic) bond motifs is 1. The molecule has 0 bridgehead atoms. The minimum absolute atomic E-state index is 0. The molecular weight excluding hydrogens is 568 g/mol. The summed E-state index contributed by atoms with van der Waals surface area (Å²) in [6.07, 6.45) is 0.947. The summed E-state index contributed by atoms with van der Waals surface area (Å²) >= 11 is 1.47. The molecule has 1 heterocycles. The maximum Gasteiger partial charge on any atom is 0.260 e. The van der Waals surface area contributed by atoms with Crippen LogP contribution in [0.4, 0.5) is 5.13 Å². The first-order valence-corrected chi connectivity index (χ1v) is 15.3. The van der Waals surface area contributed by atoms with Crippen molar-refractivity contribution in [3.05, 3.63) is 53.6 Å². The van der Waals surface area contributed by atoms with E-state index in [1.54, 1.807) is 4.90 Å². The largest absolute Gasteiger partial charge is 0.302 e. The van der Waals surface area contributed by atoms with Crippen LogP contribution in [0.25, 0.3) is 10.2 Å². The third-order valence-electron chi connectivity index (χ3n) is 6.55. The average Bonchev–Trinajstić information content (AvgIpc) is 3.38. The van der Waals surface area contributed by atoms with E-state index in [4.69, 9.17) is 15.5 Å². The molecule has 0 saturated carbocycles. The zero-order chi connectivity index (χ0) is 28.4. The van der Waals surface area contributed by atoms with Gasteiger partial charge in [-0.1, -0.05) is 38.2 Å². The van der Waals surface area contributed by atoms with Crippen LogP contribution in [0.1, 0.15) is 49.5 Å². The minimum atomic E-state index is -3.92. The quantitative estimate of drug-likeness (QED) is 0.252. The molecular formula is C28H35ClN6O3S2. The van der Waals surface area contributed by atoms with Crippen LogP contribution in [0.5, 0.6) is 0 Å². The van der Waals surface area contributed by atoms with Gasteiger partial charge in [-0.15, -0.1) is 12.4 Å². The van der Waals surface area contributed by atoms with Crippen molar-refractivity contribution in [3.8, 4) is 12.1 Å². The number of nitriles is 2. The van der Waals surface area contributed by atoms with Crippen molar-refractivity contribution in [1.82, 2.24) is 14.2 Å². The molecule has 1 aromatic heterocycles. The minimum Gasteiger partial charge on any atom is -0.302 e. The van der Waals surface area contributed by atoms with Gasteiger partial charge < -0.3 is 4.90 Å². The number of thiazole rings is 1. The average molecular weight is 603 g/mol.